The third kappa shape index (κ3) is 4.06. The monoisotopic (exact) mass is 382 g/mol. The molecule has 0 aliphatic carbocycles. The first-order chi connectivity index (χ1) is 13.1. The van der Waals surface area contributed by atoms with Crippen LogP contribution in [0.1, 0.15) is 40.5 Å². The molecule has 0 spiro atoms. The number of hydrogen-bond donors (Lipinski definition) is 2. The molecule has 1 unspecified atom stereocenters. The zero-order chi connectivity index (χ0) is 18.8. The second-order valence-corrected chi connectivity index (χ2v) is 7.90. The fourth-order valence-electron chi connectivity index (χ4n) is 3.37. The van der Waals surface area contributed by atoms with Gasteiger partial charge in [0.15, 0.2) is 5.69 Å². The van der Waals surface area contributed by atoms with Crippen molar-refractivity contribution in [2.45, 2.75) is 32.7 Å². The third-order valence-corrected chi connectivity index (χ3v) is 5.49. The molecule has 27 heavy (non-hydrogen) atoms. The predicted molar refractivity (Wildman–Crippen MR) is 106 cm³/mol. The van der Waals surface area contributed by atoms with Crippen molar-refractivity contribution in [2.24, 2.45) is 0 Å². The van der Waals surface area contributed by atoms with E-state index in [-0.39, 0.29) is 5.91 Å². The minimum Gasteiger partial charge on any atom is -0.315 e. The van der Waals surface area contributed by atoms with Crippen molar-refractivity contribution in [3.05, 3.63) is 47.3 Å². The Morgan fingerprint density at radius 2 is 2.07 bits per heavy atom. The Bertz CT molecular complexity index is 937. The van der Waals surface area contributed by atoms with Crippen LogP contribution in [0.3, 0.4) is 0 Å². The largest absolute Gasteiger partial charge is 0.315 e. The van der Waals surface area contributed by atoms with Crippen LogP contribution in [-0.4, -0.2) is 39.0 Å². The fourth-order valence-corrected chi connectivity index (χ4v) is 4.10. The molecule has 1 aromatic carbocycles. The highest BCUT2D eigenvalue weighted by Gasteiger charge is 2.18. The van der Waals surface area contributed by atoms with Crippen molar-refractivity contribution in [1.29, 1.82) is 0 Å². The first kappa shape index (κ1) is 17.8. The van der Waals surface area contributed by atoms with Crippen molar-refractivity contribution in [3.8, 4) is 10.6 Å². The number of aryl methyl sites for hydroxylation is 2. The van der Waals surface area contributed by atoms with Gasteiger partial charge in [-0.25, -0.2) is 0 Å². The van der Waals surface area contributed by atoms with Gasteiger partial charge in [0, 0.05) is 18.3 Å². The van der Waals surface area contributed by atoms with Crippen molar-refractivity contribution in [1.82, 2.24) is 25.3 Å². The fraction of sp³-hybridized carbons (Fsp3) is 0.368. The highest BCUT2D eigenvalue weighted by atomic mass is 32.1. The van der Waals surface area contributed by atoms with E-state index in [9.17, 15) is 4.79 Å². The van der Waals surface area contributed by atoms with Crippen molar-refractivity contribution in [2.75, 3.05) is 18.4 Å². The van der Waals surface area contributed by atoms with Crippen molar-refractivity contribution >= 4 is 22.4 Å². The molecule has 0 bridgehead atoms. The zero-order valence-electron chi connectivity index (χ0n) is 15.4. The van der Waals surface area contributed by atoms with Crippen LogP contribution < -0.4 is 10.6 Å². The van der Waals surface area contributed by atoms with Crippen LogP contribution in [0, 0.1) is 13.8 Å². The maximum absolute atomic E-state index is 12.5. The van der Waals surface area contributed by atoms with E-state index in [2.05, 4.69) is 58.0 Å². The van der Waals surface area contributed by atoms with Gasteiger partial charge in [-0.05, 0) is 51.4 Å². The number of rotatable bonds is 4. The number of carbonyl (C=O) groups is 1. The molecule has 140 valence electrons. The molecule has 1 aliphatic rings. The summed E-state index contributed by atoms with van der Waals surface area (Å²) >= 11 is 1.36. The molecule has 0 radical (unpaired) electrons. The SMILES string of the molecule is Cc1cc(C)cc(-c2nnc(NC(=O)c3ccn(C4CCCNC4)n3)s2)c1. The van der Waals surface area contributed by atoms with E-state index in [4.69, 9.17) is 0 Å². The summed E-state index contributed by atoms with van der Waals surface area (Å²) in [4.78, 5) is 12.5. The lowest BCUT2D eigenvalue weighted by atomic mass is 10.1. The van der Waals surface area contributed by atoms with Gasteiger partial charge in [-0.3, -0.25) is 14.8 Å². The van der Waals surface area contributed by atoms with Gasteiger partial charge in [-0.1, -0.05) is 28.5 Å². The van der Waals surface area contributed by atoms with Crippen LogP contribution in [0.25, 0.3) is 10.6 Å². The average molecular weight is 382 g/mol. The van der Waals surface area contributed by atoms with Gasteiger partial charge in [-0.15, -0.1) is 10.2 Å². The summed E-state index contributed by atoms with van der Waals surface area (Å²) in [5, 5.41) is 20.2. The standard InChI is InChI=1S/C19H22N6OS/c1-12-8-13(2)10-14(9-12)18-22-23-19(27-18)21-17(26)16-5-7-25(24-16)15-4-3-6-20-11-15/h5,7-10,15,20H,3-4,6,11H2,1-2H3,(H,21,23,26). The molecule has 1 atom stereocenters. The van der Waals surface area contributed by atoms with Crippen LogP contribution in [-0.2, 0) is 0 Å². The molecule has 1 fully saturated rings. The molecular weight excluding hydrogens is 360 g/mol. The number of amides is 1. The highest BCUT2D eigenvalue weighted by molar-refractivity contribution is 7.18. The van der Waals surface area contributed by atoms with Gasteiger partial charge >= 0.3 is 0 Å². The molecule has 0 saturated carbocycles. The molecule has 3 aromatic rings. The van der Waals surface area contributed by atoms with Crippen LogP contribution in [0.4, 0.5) is 5.13 Å². The number of nitrogens with zero attached hydrogens (tertiary/aromatic N) is 4. The van der Waals surface area contributed by atoms with E-state index in [0.29, 0.717) is 16.9 Å². The number of piperidine rings is 1. The topological polar surface area (TPSA) is 84.7 Å². The Hall–Kier alpha value is -2.58. The van der Waals surface area contributed by atoms with E-state index in [1.165, 1.54) is 22.5 Å². The molecule has 2 N–H and O–H groups in total. The predicted octanol–water partition coefficient (Wildman–Crippen LogP) is 3.20. The molecule has 2 aromatic heterocycles. The molecule has 4 rings (SSSR count). The Kier molecular flexibility index (Phi) is 5.00. The number of aromatic nitrogens is 4. The van der Waals surface area contributed by atoms with E-state index in [0.717, 1.165) is 36.5 Å². The first-order valence-corrected chi connectivity index (χ1v) is 9.89. The van der Waals surface area contributed by atoms with E-state index < -0.39 is 0 Å². The van der Waals surface area contributed by atoms with Gasteiger partial charge in [0.25, 0.3) is 5.91 Å². The van der Waals surface area contributed by atoms with Gasteiger partial charge in [0.1, 0.15) is 5.01 Å². The summed E-state index contributed by atoms with van der Waals surface area (Å²) in [5.74, 6) is -0.263. The van der Waals surface area contributed by atoms with Crippen LogP contribution in [0.5, 0.6) is 0 Å². The average Bonchev–Trinajstić information content (AvgIpc) is 3.31. The molecular formula is C19H22N6OS. The maximum Gasteiger partial charge on any atom is 0.277 e. The molecule has 1 amide bonds. The third-order valence-electron chi connectivity index (χ3n) is 4.60. The summed E-state index contributed by atoms with van der Waals surface area (Å²) in [7, 11) is 0. The normalized spacial score (nSPS) is 17.0. The Morgan fingerprint density at radius 3 is 2.81 bits per heavy atom. The number of benzene rings is 1. The summed E-state index contributed by atoms with van der Waals surface area (Å²) in [6.45, 7) is 6.04. The summed E-state index contributed by atoms with van der Waals surface area (Å²) in [6, 6.07) is 8.30. The van der Waals surface area contributed by atoms with Gasteiger partial charge in [-0.2, -0.15) is 5.10 Å². The zero-order valence-corrected chi connectivity index (χ0v) is 16.2. The summed E-state index contributed by atoms with van der Waals surface area (Å²) in [5.41, 5.74) is 3.75. The number of anilines is 1. The maximum atomic E-state index is 12.5. The molecule has 1 saturated heterocycles. The minimum atomic E-state index is -0.263. The lowest BCUT2D eigenvalue weighted by molar-refractivity contribution is 0.102. The van der Waals surface area contributed by atoms with E-state index >= 15 is 0 Å². The Morgan fingerprint density at radius 1 is 1.26 bits per heavy atom. The van der Waals surface area contributed by atoms with E-state index in [1.807, 2.05) is 10.9 Å². The molecule has 7 nitrogen and oxygen atoms in total. The minimum absolute atomic E-state index is 0.263. The summed E-state index contributed by atoms with van der Waals surface area (Å²) < 4.78 is 1.88. The lowest BCUT2D eigenvalue weighted by Gasteiger charge is -2.22. The van der Waals surface area contributed by atoms with Crippen molar-refractivity contribution in [3.63, 3.8) is 0 Å². The first-order valence-electron chi connectivity index (χ1n) is 9.08. The van der Waals surface area contributed by atoms with Crippen LogP contribution in [0.15, 0.2) is 30.5 Å². The lowest BCUT2D eigenvalue weighted by Crippen LogP contribution is -2.32. The molecule has 1 aliphatic heterocycles. The Balaban J connectivity index is 1.46. The number of carbonyl (C=O) groups excluding carboxylic acids is 1. The van der Waals surface area contributed by atoms with Gasteiger partial charge in [0.05, 0.1) is 6.04 Å². The van der Waals surface area contributed by atoms with E-state index in [1.54, 1.807) is 6.07 Å². The quantitative estimate of drug-likeness (QED) is 0.724. The second kappa shape index (κ2) is 7.58. The Labute approximate surface area is 161 Å². The highest BCUT2D eigenvalue weighted by Crippen LogP contribution is 2.28. The summed E-state index contributed by atoms with van der Waals surface area (Å²) in [6.07, 6.45) is 4.07. The van der Waals surface area contributed by atoms with Crippen LogP contribution in [0.2, 0.25) is 0 Å². The van der Waals surface area contributed by atoms with Crippen molar-refractivity contribution < 1.29 is 4.79 Å². The number of hydrogen-bond acceptors (Lipinski definition) is 6. The van der Waals surface area contributed by atoms with Gasteiger partial charge < -0.3 is 5.32 Å². The van der Waals surface area contributed by atoms with Crippen LogP contribution >= 0.6 is 11.3 Å². The molecule has 3 heterocycles. The second-order valence-electron chi connectivity index (χ2n) is 6.92. The van der Waals surface area contributed by atoms with Gasteiger partial charge in [0.2, 0.25) is 5.13 Å². The molecule has 8 heteroatoms. The number of nitrogens with one attached hydrogen (secondary N) is 2. The smallest absolute Gasteiger partial charge is 0.277 e.